The molecule has 1 aliphatic rings. The molecule has 5 heteroatoms. The van der Waals surface area contributed by atoms with Gasteiger partial charge in [0.1, 0.15) is 5.54 Å². The first-order valence-electron chi connectivity index (χ1n) is 3.52. The van der Waals surface area contributed by atoms with E-state index in [9.17, 15) is 4.79 Å². The highest BCUT2D eigenvalue weighted by molar-refractivity contribution is 5.85. The molecule has 0 spiro atoms. The minimum absolute atomic E-state index is 0. The smallest absolute Gasteiger partial charge is 0.326 e. The highest BCUT2D eigenvalue weighted by atomic mass is 35.5. The monoisotopic (exact) mass is 195 g/mol. The standard InChI is InChI=1S/C7H13NO3.ClH/c1-10-5-3-7(8,4-5)6(9)11-2;/h5H,3-4,8H2,1-2H3;1H. The van der Waals surface area contributed by atoms with E-state index in [1.165, 1.54) is 7.11 Å². The maximum atomic E-state index is 11.0. The molecule has 0 amide bonds. The van der Waals surface area contributed by atoms with Crippen LogP contribution < -0.4 is 5.73 Å². The summed E-state index contributed by atoms with van der Waals surface area (Å²) < 4.78 is 9.52. The van der Waals surface area contributed by atoms with Crippen LogP contribution in [0.25, 0.3) is 0 Å². The van der Waals surface area contributed by atoms with Gasteiger partial charge in [0.25, 0.3) is 0 Å². The largest absolute Gasteiger partial charge is 0.468 e. The summed E-state index contributed by atoms with van der Waals surface area (Å²) in [5, 5.41) is 0. The second-order valence-corrected chi connectivity index (χ2v) is 2.91. The van der Waals surface area contributed by atoms with Gasteiger partial charge in [-0.15, -0.1) is 12.4 Å². The Bertz CT molecular complexity index is 168. The SMILES string of the molecule is COC(=O)C1(N)CC(OC)C1.Cl. The van der Waals surface area contributed by atoms with Crippen LogP contribution in [-0.4, -0.2) is 31.8 Å². The van der Waals surface area contributed by atoms with Gasteiger partial charge in [-0.3, -0.25) is 4.79 Å². The fraction of sp³-hybridized carbons (Fsp3) is 0.857. The summed E-state index contributed by atoms with van der Waals surface area (Å²) in [7, 11) is 2.96. The van der Waals surface area contributed by atoms with Crippen molar-refractivity contribution in [3.05, 3.63) is 0 Å². The van der Waals surface area contributed by atoms with Crippen molar-refractivity contribution in [1.82, 2.24) is 0 Å². The molecule has 0 bridgehead atoms. The van der Waals surface area contributed by atoms with Crippen LogP contribution in [0.2, 0.25) is 0 Å². The molecule has 72 valence electrons. The maximum Gasteiger partial charge on any atom is 0.326 e. The second-order valence-electron chi connectivity index (χ2n) is 2.91. The van der Waals surface area contributed by atoms with E-state index < -0.39 is 5.54 Å². The Kier molecular flexibility index (Phi) is 3.96. The van der Waals surface area contributed by atoms with E-state index in [0.717, 1.165) is 0 Å². The topological polar surface area (TPSA) is 61.5 Å². The lowest BCUT2D eigenvalue weighted by Gasteiger charge is -2.40. The van der Waals surface area contributed by atoms with E-state index in [-0.39, 0.29) is 24.5 Å². The van der Waals surface area contributed by atoms with Gasteiger partial charge >= 0.3 is 5.97 Å². The number of ether oxygens (including phenoxy) is 2. The molecule has 0 aromatic rings. The summed E-state index contributed by atoms with van der Waals surface area (Å²) in [6.45, 7) is 0. The molecule has 0 aromatic heterocycles. The first-order valence-corrected chi connectivity index (χ1v) is 3.52. The summed E-state index contributed by atoms with van der Waals surface area (Å²) in [6, 6.07) is 0. The van der Waals surface area contributed by atoms with E-state index in [4.69, 9.17) is 10.5 Å². The molecule has 0 aromatic carbocycles. The molecule has 4 nitrogen and oxygen atoms in total. The lowest BCUT2D eigenvalue weighted by molar-refractivity contribution is -0.156. The third-order valence-corrected chi connectivity index (χ3v) is 2.11. The highest BCUT2D eigenvalue weighted by Gasteiger charge is 2.48. The van der Waals surface area contributed by atoms with Gasteiger partial charge in [0.15, 0.2) is 0 Å². The summed E-state index contributed by atoms with van der Waals surface area (Å²) in [5.74, 6) is -0.342. The van der Waals surface area contributed by atoms with Gasteiger partial charge < -0.3 is 15.2 Å². The fourth-order valence-electron chi connectivity index (χ4n) is 1.29. The van der Waals surface area contributed by atoms with Crippen molar-refractivity contribution in [2.45, 2.75) is 24.5 Å². The van der Waals surface area contributed by atoms with E-state index in [1.807, 2.05) is 0 Å². The zero-order chi connectivity index (χ0) is 8.48. The maximum absolute atomic E-state index is 11.0. The van der Waals surface area contributed by atoms with Crippen LogP contribution in [-0.2, 0) is 14.3 Å². The number of carbonyl (C=O) groups excluding carboxylic acids is 1. The zero-order valence-corrected chi connectivity index (χ0v) is 8.02. The Morgan fingerprint density at radius 3 is 2.33 bits per heavy atom. The van der Waals surface area contributed by atoms with Crippen molar-refractivity contribution in [2.75, 3.05) is 14.2 Å². The fourth-order valence-corrected chi connectivity index (χ4v) is 1.29. The summed E-state index contributed by atoms with van der Waals surface area (Å²) >= 11 is 0. The molecule has 1 saturated carbocycles. The molecule has 0 unspecified atom stereocenters. The summed E-state index contributed by atoms with van der Waals surface area (Å²) in [5.41, 5.74) is 4.89. The van der Waals surface area contributed by atoms with Gasteiger partial charge in [0, 0.05) is 20.0 Å². The Hall–Kier alpha value is -0.320. The molecule has 0 saturated heterocycles. The number of methoxy groups -OCH3 is 2. The average molecular weight is 196 g/mol. The second kappa shape index (κ2) is 4.07. The van der Waals surface area contributed by atoms with Crippen LogP contribution >= 0.6 is 12.4 Å². The molecule has 12 heavy (non-hydrogen) atoms. The van der Waals surface area contributed by atoms with Gasteiger partial charge in [-0.25, -0.2) is 0 Å². The van der Waals surface area contributed by atoms with E-state index >= 15 is 0 Å². The first kappa shape index (κ1) is 11.7. The van der Waals surface area contributed by atoms with E-state index in [0.29, 0.717) is 12.8 Å². The zero-order valence-electron chi connectivity index (χ0n) is 7.20. The predicted octanol–water partition coefficient (Wildman–Crippen LogP) is 0.0875. The van der Waals surface area contributed by atoms with Crippen molar-refractivity contribution in [1.29, 1.82) is 0 Å². The molecule has 0 heterocycles. The van der Waals surface area contributed by atoms with Crippen molar-refractivity contribution >= 4 is 18.4 Å². The number of nitrogens with two attached hydrogens (primary N) is 1. The molecule has 1 fully saturated rings. The lowest BCUT2D eigenvalue weighted by Crippen LogP contribution is -2.60. The molecule has 0 atom stereocenters. The number of halogens is 1. The van der Waals surface area contributed by atoms with Crippen LogP contribution in [0.4, 0.5) is 0 Å². The average Bonchev–Trinajstić information content (AvgIpc) is 1.96. The number of hydrogen-bond acceptors (Lipinski definition) is 4. The van der Waals surface area contributed by atoms with Crippen molar-refractivity contribution < 1.29 is 14.3 Å². The molecule has 1 aliphatic carbocycles. The highest BCUT2D eigenvalue weighted by Crippen LogP contribution is 2.32. The number of hydrogen-bond donors (Lipinski definition) is 1. The Morgan fingerprint density at radius 1 is 1.50 bits per heavy atom. The normalized spacial score (nSPS) is 33.1. The number of esters is 1. The Balaban J connectivity index is 0.00000121. The van der Waals surface area contributed by atoms with Gasteiger partial charge in [0.2, 0.25) is 0 Å². The predicted molar refractivity (Wildman–Crippen MR) is 46.2 cm³/mol. The molecular weight excluding hydrogens is 182 g/mol. The van der Waals surface area contributed by atoms with Gasteiger partial charge in [0.05, 0.1) is 13.2 Å². The molecule has 0 aliphatic heterocycles. The van der Waals surface area contributed by atoms with Gasteiger partial charge in [-0.2, -0.15) is 0 Å². The Morgan fingerprint density at radius 2 is 2.00 bits per heavy atom. The molecule has 1 rings (SSSR count). The summed E-state index contributed by atoms with van der Waals surface area (Å²) in [4.78, 5) is 11.0. The molecule has 2 N–H and O–H groups in total. The summed E-state index contributed by atoms with van der Waals surface area (Å²) in [6.07, 6.45) is 1.26. The van der Waals surface area contributed by atoms with Gasteiger partial charge in [-0.05, 0) is 0 Å². The van der Waals surface area contributed by atoms with Crippen LogP contribution in [0, 0.1) is 0 Å². The minimum atomic E-state index is -0.782. The van der Waals surface area contributed by atoms with Crippen molar-refractivity contribution in [3.8, 4) is 0 Å². The quantitative estimate of drug-likeness (QED) is 0.635. The lowest BCUT2D eigenvalue weighted by atomic mass is 9.75. The molecule has 0 radical (unpaired) electrons. The molecular formula is C7H14ClNO3. The van der Waals surface area contributed by atoms with Crippen molar-refractivity contribution in [2.24, 2.45) is 5.73 Å². The van der Waals surface area contributed by atoms with Crippen LogP contribution in [0.15, 0.2) is 0 Å². The van der Waals surface area contributed by atoms with Crippen LogP contribution in [0.5, 0.6) is 0 Å². The van der Waals surface area contributed by atoms with E-state index in [2.05, 4.69) is 4.74 Å². The minimum Gasteiger partial charge on any atom is -0.468 e. The number of rotatable bonds is 2. The van der Waals surface area contributed by atoms with Gasteiger partial charge in [-0.1, -0.05) is 0 Å². The third kappa shape index (κ3) is 1.88. The van der Waals surface area contributed by atoms with E-state index in [1.54, 1.807) is 7.11 Å². The number of carbonyl (C=O) groups is 1. The van der Waals surface area contributed by atoms with Crippen molar-refractivity contribution in [3.63, 3.8) is 0 Å². The van der Waals surface area contributed by atoms with Crippen LogP contribution in [0.1, 0.15) is 12.8 Å². The third-order valence-electron chi connectivity index (χ3n) is 2.11. The Labute approximate surface area is 77.8 Å². The first-order chi connectivity index (χ1) is 5.12. The van der Waals surface area contributed by atoms with Crippen LogP contribution in [0.3, 0.4) is 0 Å².